The van der Waals surface area contributed by atoms with Gasteiger partial charge in [-0.05, 0) is 36.6 Å². The fourth-order valence-electron chi connectivity index (χ4n) is 2.32. The molecule has 0 fully saturated rings. The molecular formula is C16H21N3O2. The maximum Gasteiger partial charge on any atom is 0.156 e. The number of rotatable bonds is 5. The second-order valence-corrected chi connectivity index (χ2v) is 5.52. The van der Waals surface area contributed by atoms with Gasteiger partial charge in [-0.15, -0.1) is 0 Å². The van der Waals surface area contributed by atoms with Crippen molar-refractivity contribution in [2.75, 3.05) is 12.8 Å². The minimum Gasteiger partial charge on any atom is -0.497 e. The number of nitrogens with zero attached hydrogens (tertiary/aromatic N) is 2. The van der Waals surface area contributed by atoms with E-state index < -0.39 is 0 Å². The van der Waals surface area contributed by atoms with Crippen LogP contribution in [-0.4, -0.2) is 23.2 Å². The molecule has 0 saturated heterocycles. The van der Waals surface area contributed by atoms with Gasteiger partial charge in [-0.25, -0.2) is 4.68 Å². The van der Waals surface area contributed by atoms with Gasteiger partial charge in [-0.3, -0.25) is 4.79 Å². The molecule has 0 amide bonds. The van der Waals surface area contributed by atoms with Crippen LogP contribution < -0.4 is 10.5 Å². The Morgan fingerprint density at radius 3 is 2.67 bits per heavy atom. The second-order valence-electron chi connectivity index (χ2n) is 5.52. The van der Waals surface area contributed by atoms with Crippen LogP contribution in [0.5, 0.6) is 5.75 Å². The molecule has 0 aliphatic rings. The van der Waals surface area contributed by atoms with Crippen molar-refractivity contribution in [2.24, 2.45) is 5.92 Å². The summed E-state index contributed by atoms with van der Waals surface area (Å²) in [6.45, 7) is 6.81. The fourth-order valence-corrected chi connectivity index (χ4v) is 2.32. The van der Waals surface area contributed by atoms with E-state index in [0.717, 1.165) is 23.2 Å². The van der Waals surface area contributed by atoms with Crippen LogP contribution in [0.25, 0.3) is 11.3 Å². The Balaban J connectivity index is 2.55. The molecule has 2 aromatic rings. The van der Waals surface area contributed by atoms with E-state index in [1.165, 1.54) is 0 Å². The Hall–Kier alpha value is -2.30. The van der Waals surface area contributed by atoms with Gasteiger partial charge in [0.1, 0.15) is 17.3 Å². The van der Waals surface area contributed by atoms with Gasteiger partial charge in [0, 0.05) is 12.1 Å². The monoisotopic (exact) mass is 287 g/mol. The van der Waals surface area contributed by atoms with Crippen molar-refractivity contribution < 1.29 is 9.53 Å². The van der Waals surface area contributed by atoms with E-state index in [-0.39, 0.29) is 0 Å². The summed E-state index contributed by atoms with van der Waals surface area (Å²) in [7, 11) is 1.63. The predicted molar refractivity (Wildman–Crippen MR) is 83.6 cm³/mol. The summed E-state index contributed by atoms with van der Waals surface area (Å²) in [6.07, 6.45) is 0.776. The van der Waals surface area contributed by atoms with Crippen molar-refractivity contribution in [3.05, 3.63) is 29.3 Å². The summed E-state index contributed by atoms with van der Waals surface area (Å²) in [5, 5.41) is 4.53. The van der Waals surface area contributed by atoms with Gasteiger partial charge in [-0.1, -0.05) is 13.8 Å². The number of hydrogen-bond donors (Lipinski definition) is 1. The zero-order valence-corrected chi connectivity index (χ0v) is 12.9. The van der Waals surface area contributed by atoms with E-state index in [9.17, 15) is 4.79 Å². The average molecular weight is 287 g/mol. The van der Waals surface area contributed by atoms with Crippen molar-refractivity contribution in [3.8, 4) is 17.0 Å². The highest BCUT2D eigenvalue weighted by Crippen LogP contribution is 2.30. The van der Waals surface area contributed by atoms with E-state index >= 15 is 0 Å². The van der Waals surface area contributed by atoms with E-state index in [4.69, 9.17) is 10.5 Å². The molecule has 0 aliphatic heterocycles. The molecule has 1 aromatic carbocycles. The molecule has 5 nitrogen and oxygen atoms in total. The molecule has 2 rings (SSSR count). The van der Waals surface area contributed by atoms with Gasteiger partial charge in [0.05, 0.1) is 12.7 Å². The second kappa shape index (κ2) is 5.99. The van der Waals surface area contributed by atoms with Crippen molar-refractivity contribution in [2.45, 2.75) is 27.3 Å². The number of carbonyl (C=O) groups is 1. The van der Waals surface area contributed by atoms with Crippen molar-refractivity contribution in [1.29, 1.82) is 0 Å². The highest BCUT2D eigenvalue weighted by atomic mass is 16.5. The molecule has 0 spiro atoms. The zero-order valence-electron chi connectivity index (χ0n) is 12.9. The van der Waals surface area contributed by atoms with Gasteiger partial charge in [-0.2, -0.15) is 5.10 Å². The van der Waals surface area contributed by atoms with Gasteiger partial charge < -0.3 is 10.5 Å². The van der Waals surface area contributed by atoms with Crippen LogP contribution in [0.1, 0.15) is 29.8 Å². The van der Waals surface area contributed by atoms with Gasteiger partial charge in [0.2, 0.25) is 0 Å². The topological polar surface area (TPSA) is 70.1 Å². The minimum absolute atomic E-state index is 0.400. The quantitative estimate of drug-likeness (QED) is 0.858. The normalized spacial score (nSPS) is 10.9. The smallest absolute Gasteiger partial charge is 0.156 e. The van der Waals surface area contributed by atoms with Gasteiger partial charge in [0.25, 0.3) is 0 Å². The van der Waals surface area contributed by atoms with E-state index in [1.54, 1.807) is 11.8 Å². The van der Waals surface area contributed by atoms with Crippen molar-refractivity contribution >= 4 is 12.1 Å². The lowest BCUT2D eigenvalue weighted by Crippen LogP contribution is -2.09. The fraction of sp³-hybridized carbons (Fsp3) is 0.375. The first-order valence-corrected chi connectivity index (χ1v) is 6.94. The Kier molecular flexibility index (Phi) is 4.31. The molecule has 21 heavy (non-hydrogen) atoms. The summed E-state index contributed by atoms with van der Waals surface area (Å²) in [5.41, 5.74) is 9.01. The van der Waals surface area contributed by atoms with Crippen LogP contribution in [0.15, 0.2) is 18.2 Å². The molecule has 2 N–H and O–H groups in total. The molecule has 0 radical (unpaired) electrons. The number of methoxy groups -OCH3 is 1. The Morgan fingerprint density at radius 2 is 2.14 bits per heavy atom. The van der Waals surface area contributed by atoms with E-state index in [0.29, 0.717) is 29.5 Å². The van der Waals surface area contributed by atoms with Crippen molar-refractivity contribution in [1.82, 2.24) is 9.78 Å². The summed E-state index contributed by atoms with van der Waals surface area (Å²) >= 11 is 0. The summed E-state index contributed by atoms with van der Waals surface area (Å²) in [5.74, 6) is 1.60. The number of aldehydes is 1. The third-order valence-corrected chi connectivity index (χ3v) is 3.37. The molecule has 1 aromatic heterocycles. The molecule has 0 bridgehead atoms. The molecular weight excluding hydrogens is 266 g/mol. The Labute approximate surface area is 124 Å². The number of carbonyl (C=O) groups excluding carboxylic acids is 1. The first-order chi connectivity index (χ1) is 9.97. The van der Waals surface area contributed by atoms with E-state index in [1.807, 2.05) is 25.1 Å². The first-order valence-electron chi connectivity index (χ1n) is 6.94. The highest BCUT2D eigenvalue weighted by molar-refractivity contribution is 5.92. The number of aromatic nitrogens is 2. The third-order valence-electron chi connectivity index (χ3n) is 3.37. The SMILES string of the molecule is COc1ccc(-c2nn(CC(C)C)c(N)c2C=O)c(C)c1. The van der Waals surface area contributed by atoms with Crippen LogP contribution in [-0.2, 0) is 6.54 Å². The number of nitrogens with two attached hydrogens (primary N) is 1. The van der Waals surface area contributed by atoms with Crippen LogP contribution in [0, 0.1) is 12.8 Å². The lowest BCUT2D eigenvalue weighted by Gasteiger charge is -2.07. The maximum atomic E-state index is 11.4. The molecule has 0 saturated carbocycles. The maximum absolute atomic E-state index is 11.4. The lowest BCUT2D eigenvalue weighted by atomic mass is 10.0. The number of hydrogen-bond acceptors (Lipinski definition) is 4. The molecule has 0 atom stereocenters. The van der Waals surface area contributed by atoms with Crippen LogP contribution >= 0.6 is 0 Å². The third kappa shape index (κ3) is 2.91. The van der Waals surface area contributed by atoms with Gasteiger partial charge >= 0.3 is 0 Å². The number of benzene rings is 1. The van der Waals surface area contributed by atoms with E-state index in [2.05, 4.69) is 18.9 Å². The highest BCUT2D eigenvalue weighted by Gasteiger charge is 2.18. The average Bonchev–Trinajstić information content (AvgIpc) is 2.74. The summed E-state index contributed by atoms with van der Waals surface area (Å²) in [4.78, 5) is 11.4. The summed E-state index contributed by atoms with van der Waals surface area (Å²) < 4.78 is 6.91. The number of aryl methyl sites for hydroxylation is 1. The first kappa shape index (κ1) is 15.1. The Bertz CT molecular complexity index is 660. The van der Waals surface area contributed by atoms with Crippen molar-refractivity contribution in [3.63, 3.8) is 0 Å². The molecule has 0 aliphatic carbocycles. The lowest BCUT2D eigenvalue weighted by molar-refractivity contribution is 0.112. The molecule has 0 unspecified atom stereocenters. The standard InChI is InChI=1S/C16H21N3O2/c1-10(2)8-19-16(17)14(9-20)15(18-19)13-6-5-12(21-4)7-11(13)3/h5-7,9-10H,8,17H2,1-4H3. The molecule has 5 heteroatoms. The Morgan fingerprint density at radius 1 is 1.43 bits per heavy atom. The predicted octanol–water partition coefficient (Wildman–Crippen LogP) is 2.92. The van der Waals surface area contributed by atoms with Crippen LogP contribution in [0.2, 0.25) is 0 Å². The zero-order chi connectivity index (χ0) is 15.6. The number of nitrogen functional groups attached to an aromatic ring is 1. The largest absolute Gasteiger partial charge is 0.497 e. The number of ether oxygens (including phenoxy) is 1. The van der Waals surface area contributed by atoms with Crippen LogP contribution in [0.4, 0.5) is 5.82 Å². The minimum atomic E-state index is 0.400. The van der Waals surface area contributed by atoms with Crippen LogP contribution in [0.3, 0.4) is 0 Å². The van der Waals surface area contributed by atoms with Gasteiger partial charge in [0.15, 0.2) is 6.29 Å². The molecule has 112 valence electrons. The molecule has 1 heterocycles. The summed E-state index contributed by atoms with van der Waals surface area (Å²) in [6, 6.07) is 5.68. The number of anilines is 1.